The van der Waals surface area contributed by atoms with E-state index in [-0.39, 0.29) is 29.8 Å². The Bertz CT molecular complexity index is 878. The number of aromatic nitrogens is 2. The second kappa shape index (κ2) is 12.2. The van der Waals surface area contributed by atoms with Crippen LogP contribution in [0.2, 0.25) is 0 Å². The summed E-state index contributed by atoms with van der Waals surface area (Å²) in [6.07, 6.45) is 4.55. The van der Waals surface area contributed by atoms with E-state index in [1.165, 1.54) is 23.3 Å². The van der Waals surface area contributed by atoms with Gasteiger partial charge >= 0.3 is 0 Å². The van der Waals surface area contributed by atoms with Crippen molar-refractivity contribution in [2.24, 2.45) is 4.99 Å². The molecule has 2 aromatic carbocycles. The molecule has 0 saturated carbocycles. The number of benzene rings is 2. The Balaban J connectivity index is 0.00000300. The first-order chi connectivity index (χ1) is 13.7. The fraction of sp³-hybridized carbons (Fsp3) is 0.273. The van der Waals surface area contributed by atoms with E-state index in [9.17, 15) is 4.39 Å². The van der Waals surface area contributed by atoms with Crippen LogP contribution < -0.4 is 10.6 Å². The molecule has 0 saturated heterocycles. The van der Waals surface area contributed by atoms with Crippen LogP contribution in [0, 0.1) is 5.82 Å². The number of hydrogen-bond acceptors (Lipinski definition) is 2. The fourth-order valence-corrected chi connectivity index (χ4v) is 2.92. The van der Waals surface area contributed by atoms with E-state index in [1.807, 2.05) is 48.1 Å². The first-order valence-electron chi connectivity index (χ1n) is 9.55. The summed E-state index contributed by atoms with van der Waals surface area (Å²) >= 11 is 0. The Hall–Kier alpha value is -2.42. The molecule has 1 heterocycles. The first-order valence-corrected chi connectivity index (χ1v) is 9.55. The zero-order chi connectivity index (χ0) is 19.6. The maximum Gasteiger partial charge on any atom is 0.191 e. The largest absolute Gasteiger partial charge is 0.357 e. The molecule has 3 aromatic rings. The highest BCUT2D eigenvalue weighted by molar-refractivity contribution is 14.0. The molecule has 7 heteroatoms. The van der Waals surface area contributed by atoms with Crippen molar-refractivity contribution in [1.82, 2.24) is 20.4 Å². The van der Waals surface area contributed by atoms with Crippen molar-refractivity contribution in [3.8, 4) is 0 Å². The first kappa shape index (κ1) is 22.9. The van der Waals surface area contributed by atoms with E-state index in [1.54, 1.807) is 6.20 Å². The van der Waals surface area contributed by atoms with Gasteiger partial charge in [0.05, 0.1) is 13.1 Å². The van der Waals surface area contributed by atoms with E-state index in [0.717, 1.165) is 37.6 Å². The number of rotatable bonds is 8. The second-order valence-corrected chi connectivity index (χ2v) is 6.47. The Morgan fingerprint density at radius 2 is 1.79 bits per heavy atom. The van der Waals surface area contributed by atoms with Crippen LogP contribution in [0.25, 0.3) is 0 Å². The summed E-state index contributed by atoms with van der Waals surface area (Å²) in [5, 5.41) is 10.9. The summed E-state index contributed by atoms with van der Waals surface area (Å²) < 4.78 is 14.9. The maximum atomic E-state index is 13.0. The van der Waals surface area contributed by atoms with E-state index in [4.69, 9.17) is 4.99 Å². The van der Waals surface area contributed by atoms with Gasteiger partial charge in [-0.05, 0) is 48.2 Å². The SMILES string of the molecule is CCNC(=NCc1ccccc1Cn1cccn1)NCCc1ccc(F)cc1.I. The third-order valence-electron chi connectivity index (χ3n) is 4.38. The predicted molar refractivity (Wildman–Crippen MR) is 126 cm³/mol. The minimum absolute atomic E-state index is 0. The summed E-state index contributed by atoms with van der Waals surface area (Å²) in [6.45, 7) is 4.88. The monoisotopic (exact) mass is 507 g/mol. The number of nitrogens with zero attached hydrogens (tertiary/aromatic N) is 3. The molecule has 154 valence electrons. The molecule has 0 unspecified atom stereocenters. The lowest BCUT2D eigenvalue weighted by Crippen LogP contribution is -2.38. The molecule has 1 aromatic heterocycles. The molecule has 0 spiro atoms. The van der Waals surface area contributed by atoms with Gasteiger partial charge in [-0.15, -0.1) is 24.0 Å². The molecule has 3 rings (SSSR count). The topological polar surface area (TPSA) is 54.2 Å². The van der Waals surface area contributed by atoms with Crippen LogP contribution in [-0.2, 0) is 19.5 Å². The molecule has 29 heavy (non-hydrogen) atoms. The standard InChI is InChI=1S/C22H26FN5.HI/c1-2-24-22(25-14-12-18-8-10-21(23)11-9-18)26-16-19-6-3-4-7-20(19)17-28-15-5-13-27-28;/h3-11,13,15H,2,12,14,16-17H2,1H3,(H2,24,25,26);1H. The van der Waals surface area contributed by atoms with Crippen molar-refractivity contribution in [3.63, 3.8) is 0 Å². The lowest BCUT2D eigenvalue weighted by molar-refractivity contribution is 0.626. The zero-order valence-electron chi connectivity index (χ0n) is 16.5. The number of hydrogen-bond donors (Lipinski definition) is 2. The molecule has 0 aliphatic heterocycles. The Morgan fingerprint density at radius 3 is 2.48 bits per heavy atom. The number of nitrogens with one attached hydrogen (secondary N) is 2. The molecule has 0 fully saturated rings. The van der Waals surface area contributed by atoms with Crippen LogP contribution in [0.5, 0.6) is 0 Å². The van der Waals surface area contributed by atoms with E-state index in [2.05, 4.69) is 27.9 Å². The molecule has 0 aliphatic carbocycles. The lowest BCUT2D eigenvalue weighted by atomic mass is 10.1. The minimum atomic E-state index is -0.208. The predicted octanol–water partition coefficient (Wildman–Crippen LogP) is 3.99. The van der Waals surface area contributed by atoms with Gasteiger partial charge in [0.25, 0.3) is 0 Å². The molecule has 5 nitrogen and oxygen atoms in total. The van der Waals surface area contributed by atoms with Gasteiger partial charge in [-0.3, -0.25) is 4.68 Å². The van der Waals surface area contributed by atoms with Crippen molar-refractivity contribution in [1.29, 1.82) is 0 Å². The summed E-state index contributed by atoms with van der Waals surface area (Å²) in [5.41, 5.74) is 3.47. The smallest absolute Gasteiger partial charge is 0.191 e. The van der Waals surface area contributed by atoms with Crippen molar-refractivity contribution in [2.45, 2.75) is 26.4 Å². The maximum absolute atomic E-state index is 13.0. The number of aliphatic imine (C=N–C) groups is 1. The van der Waals surface area contributed by atoms with Gasteiger partial charge in [0.1, 0.15) is 5.82 Å². The highest BCUT2D eigenvalue weighted by atomic mass is 127. The molecule has 2 N–H and O–H groups in total. The third kappa shape index (κ3) is 7.49. The van der Waals surface area contributed by atoms with Crippen molar-refractivity contribution in [2.75, 3.05) is 13.1 Å². The van der Waals surface area contributed by atoms with Crippen molar-refractivity contribution >= 4 is 29.9 Å². The van der Waals surface area contributed by atoms with Crippen LogP contribution in [0.15, 0.2) is 72.0 Å². The fourth-order valence-electron chi connectivity index (χ4n) is 2.92. The van der Waals surface area contributed by atoms with Crippen LogP contribution in [-0.4, -0.2) is 28.8 Å². The second-order valence-electron chi connectivity index (χ2n) is 6.47. The quantitative estimate of drug-likeness (QED) is 0.276. The molecule has 0 atom stereocenters. The highest BCUT2D eigenvalue weighted by Gasteiger charge is 2.04. The normalized spacial score (nSPS) is 11.0. The Kier molecular flexibility index (Phi) is 9.63. The van der Waals surface area contributed by atoms with Crippen LogP contribution in [0.3, 0.4) is 0 Å². The molecular weight excluding hydrogens is 480 g/mol. The number of halogens is 2. The molecule has 0 radical (unpaired) electrons. The average molecular weight is 507 g/mol. The van der Waals surface area contributed by atoms with Crippen molar-refractivity contribution < 1.29 is 4.39 Å². The van der Waals surface area contributed by atoms with Gasteiger partial charge in [-0.25, -0.2) is 9.38 Å². The summed E-state index contributed by atoms with van der Waals surface area (Å²) in [6, 6.07) is 16.8. The van der Waals surface area contributed by atoms with Gasteiger partial charge in [0, 0.05) is 25.5 Å². The van der Waals surface area contributed by atoms with E-state index in [0.29, 0.717) is 6.54 Å². The number of guanidine groups is 1. The summed E-state index contributed by atoms with van der Waals surface area (Å²) in [4.78, 5) is 4.72. The van der Waals surface area contributed by atoms with E-state index < -0.39 is 0 Å². The van der Waals surface area contributed by atoms with Gasteiger partial charge in [0.15, 0.2) is 5.96 Å². The highest BCUT2D eigenvalue weighted by Crippen LogP contribution is 2.11. The molecule has 0 aliphatic rings. The third-order valence-corrected chi connectivity index (χ3v) is 4.38. The summed E-state index contributed by atoms with van der Waals surface area (Å²) in [7, 11) is 0. The molecule has 0 amide bonds. The van der Waals surface area contributed by atoms with Gasteiger partial charge in [0.2, 0.25) is 0 Å². The lowest BCUT2D eigenvalue weighted by Gasteiger charge is -2.13. The van der Waals surface area contributed by atoms with Crippen LogP contribution >= 0.6 is 24.0 Å². The van der Waals surface area contributed by atoms with Crippen LogP contribution in [0.1, 0.15) is 23.6 Å². The van der Waals surface area contributed by atoms with Crippen LogP contribution in [0.4, 0.5) is 4.39 Å². The van der Waals surface area contributed by atoms with Gasteiger partial charge in [-0.2, -0.15) is 5.10 Å². The van der Waals surface area contributed by atoms with E-state index >= 15 is 0 Å². The van der Waals surface area contributed by atoms with Gasteiger partial charge < -0.3 is 10.6 Å². The van der Waals surface area contributed by atoms with Crippen molar-refractivity contribution in [3.05, 3.63) is 89.5 Å². The minimum Gasteiger partial charge on any atom is -0.357 e. The molecular formula is C22H27FIN5. The van der Waals surface area contributed by atoms with Gasteiger partial charge in [-0.1, -0.05) is 36.4 Å². The Morgan fingerprint density at radius 1 is 1.03 bits per heavy atom. The average Bonchev–Trinajstić information content (AvgIpc) is 3.22. The zero-order valence-corrected chi connectivity index (χ0v) is 18.8. The molecule has 0 bridgehead atoms. The summed E-state index contributed by atoms with van der Waals surface area (Å²) in [5.74, 6) is 0.568. The Labute approximate surface area is 188 Å².